The lowest BCUT2D eigenvalue weighted by molar-refractivity contribution is 0.0709. The Balaban J connectivity index is 2.23. The number of rotatable bonds is 6. The van der Waals surface area contributed by atoms with Crippen LogP contribution in [-0.2, 0) is 6.54 Å². The van der Waals surface area contributed by atoms with Gasteiger partial charge in [0.1, 0.15) is 0 Å². The molecule has 2 aromatic carbocycles. The number of carbonyl (C=O) groups excluding carboxylic acids is 1. The van der Waals surface area contributed by atoms with Crippen LogP contribution in [0.15, 0.2) is 54.6 Å². The third kappa shape index (κ3) is 3.83. The second-order valence-corrected chi connectivity index (χ2v) is 4.73. The summed E-state index contributed by atoms with van der Waals surface area (Å²) in [5, 5.41) is 12.3. The fourth-order valence-corrected chi connectivity index (χ4v) is 2.23. The second kappa shape index (κ2) is 7.45. The Kier molecular flexibility index (Phi) is 5.35. The van der Waals surface area contributed by atoms with Gasteiger partial charge >= 0.3 is 0 Å². The quantitative estimate of drug-likeness (QED) is 0.856. The van der Waals surface area contributed by atoms with Crippen molar-refractivity contribution in [3.05, 3.63) is 65.7 Å². The molecule has 0 aliphatic carbocycles. The topological polar surface area (TPSA) is 52.6 Å². The summed E-state index contributed by atoms with van der Waals surface area (Å²) < 4.78 is 0. The molecular formula is C17H20N2O2. The number of benzene rings is 2. The molecule has 2 N–H and O–H groups in total. The Bertz CT molecular complexity index is 584. The maximum Gasteiger partial charge on any atom is 0.256 e. The Hall–Kier alpha value is -2.33. The molecule has 1 amide bonds. The first kappa shape index (κ1) is 15.1. The highest BCUT2D eigenvalue weighted by Crippen LogP contribution is 2.18. The standard InChI is InChI=1S/C17H20N2O2/c1-18-16-10-6-5-9-15(16)17(21)19(11-12-20)13-14-7-3-2-4-8-14/h2-10,18,20H,11-13H2,1H3. The van der Waals surface area contributed by atoms with E-state index in [-0.39, 0.29) is 12.5 Å². The van der Waals surface area contributed by atoms with Crippen molar-refractivity contribution in [2.45, 2.75) is 6.54 Å². The number of carbonyl (C=O) groups is 1. The summed E-state index contributed by atoms with van der Waals surface area (Å²) in [6, 6.07) is 17.2. The van der Waals surface area contributed by atoms with E-state index in [4.69, 9.17) is 0 Å². The molecule has 0 radical (unpaired) electrons. The minimum absolute atomic E-state index is 0.0553. The zero-order valence-corrected chi connectivity index (χ0v) is 12.1. The Morgan fingerprint density at radius 1 is 1.10 bits per heavy atom. The predicted octanol–water partition coefficient (Wildman–Crippen LogP) is 2.36. The lowest BCUT2D eigenvalue weighted by atomic mass is 10.1. The Labute approximate surface area is 125 Å². The lowest BCUT2D eigenvalue weighted by Gasteiger charge is -2.23. The van der Waals surface area contributed by atoms with Crippen molar-refractivity contribution >= 4 is 11.6 Å². The Morgan fingerprint density at radius 2 is 1.76 bits per heavy atom. The summed E-state index contributed by atoms with van der Waals surface area (Å²) in [4.78, 5) is 14.4. The van der Waals surface area contributed by atoms with E-state index in [1.165, 1.54) is 0 Å². The van der Waals surface area contributed by atoms with E-state index in [1.54, 1.807) is 18.0 Å². The molecule has 4 heteroatoms. The second-order valence-electron chi connectivity index (χ2n) is 4.73. The molecule has 0 saturated carbocycles. The van der Waals surface area contributed by atoms with Crippen LogP contribution in [0.1, 0.15) is 15.9 Å². The highest BCUT2D eigenvalue weighted by molar-refractivity contribution is 5.99. The van der Waals surface area contributed by atoms with Crippen molar-refractivity contribution in [3.63, 3.8) is 0 Å². The van der Waals surface area contributed by atoms with Gasteiger partial charge in [0.25, 0.3) is 5.91 Å². The number of para-hydroxylation sites is 1. The largest absolute Gasteiger partial charge is 0.395 e. The molecule has 0 aliphatic rings. The van der Waals surface area contributed by atoms with Crippen molar-refractivity contribution < 1.29 is 9.90 Å². The van der Waals surface area contributed by atoms with Gasteiger partial charge in [-0.25, -0.2) is 0 Å². The van der Waals surface area contributed by atoms with Crippen LogP contribution in [0.4, 0.5) is 5.69 Å². The molecule has 0 aromatic heterocycles. The summed E-state index contributed by atoms with van der Waals surface area (Å²) in [7, 11) is 1.79. The number of nitrogens with zero attached hydrogens (tertiary/aromatic N) is 1. The molecule has 0 bridgehead atoms. The van der Waals surface area contributed by atoms with Gasteiger partial charge in [-0.05, 0) is 17.7 Å². The third-order valence-electron chi connectivity index (χ3n) is 3.30. The normalized spacial score (nSPS) is 10.2. The van der Waals surface area contributed by atoms with E-state index >= 15 is 0 Å². The Morgan fingerprint density at radius 3 is 2.43 bits per heavy atom. The van der Waals surface area contributed by atoms with E-state index in [2.05, 4.69) is 5.32 Å². The van der Waals surface area contributed by atoms with Crippen molar-refractivity contribution in [1.82, 2.24) is 4.90 Å². The van der Waals surface area contributed by atoms with Gasteiger partial charge in [0, 0.05) is 25.8 Å². The zero-order chi connectivity index (χ0) is 15.1. The molecule has 0 saturated heterocycles. The molecule has 2 aromatic rings. The number of hydrogen-bond acceptors (Lipinski definition) is 3. The molecule has 2 rings (SSSR count). The third-order valence-corrected chi connectivity index (χ3v) is 3.30. The molecule has 4 nitrogen and oxygen atoms in total. The smallest absolute Gasteiger partial charge is 0.256 e. The molecule has 0 spiro atoms. The highest BCUT2D eigenvalue weighted by Gasteiger charge is 2.18. The first-order valence-electron chi connectivity index (χ1n) is 6.97. The summed E-state index contributed by atoms with van der Waals surface area (Å²) in [5.74, 6) is -0.0853. The van der Waals surface area contributed by atoms with E-state index in [9.17, 15) is 9.90 Å². The molecular weight excluding hydrogens is 264 g/mol. The number of nitrogens with one attached hydrogen (secondary N) is 1. The average molecular weight is 284 g/mol. The monoisotopic (exact) mass is 284 g/mol. The number of aliphatic hydroxyl groups is 1. The van der Waals surface area contributed by atoms with Crippen molar-refractivity contribution in [2.75, 3.05) is 25.5 Å². The predicted molar refractivity (Wildman–Crippen MR) is 84.3 cm³/mol. The van der Waals surface area contributed by atoms with E-state index in [0.29, 0.717) is 18.7 Å². The summed E-state index contributed by atoms with van der Waals surface area (Å²) in [6.45, 7) is 0.740. The number of amides is 1. The van der Waals surface area contributed by atoms with Crippen molar-refractivity contribution in [1.29, 1.82) is 0 Å². The molecule has 0 atom stereocenters. The van der Waals surface area contributed by atoms with E-state index in [1.807, 2.05) is 48.5 Å². The van der Waals surface area contributed by atoms with Crippen LogP contribution < -0.4 is 5.32 Å². The fraction of sp³-hybridized carbons (Fsp3) is 0.235. The van der Waals surface area contributed by atoms with Crippen molar-refractivity contribution in [2.24, 2.45) is 0 Å². The van der Waals surface area contributed by atoms with E-state index < -0.39 is 0 Å². The SMILES string of the molecule is CNc1ccccc1C(=O)N(CCO)Cc1ccccc1. The minimum atomic E-state index is -0.0853. The lowest BCUT2D eigenvalue weighted by Crippen LogP contribution is -2.33. The highest BCUT2D eigenvalue weighted by atomic mass is 16.3. The molecule has 0 fully saturated rings. The van der Waals surface area contributed by atoms with Gasteiger partial charge in [-0.1, -0.05) is 42.5 Å². The minimum Gasteiger partial charge on any atom is -0.395 e. The molecule has 110 valence electrons. The molecule has 21 heavy (non-hydrogen) atoms. The zero-order valence-electron chi connectivity index (χ0n) is 12.1. The van der Waals surface area contributed by atoms with Crippen LogP contribution in [0.25, 0.3) is 0 Å². The van der Waals surface area contributed by atoms with Crippen molar-refractivity contribution in [3.8, 4) is 0 Å². The fourth-order valence-electron chi connectivity index (χ4n) is 2.23. The number of aliphatic hydroxyl groups excluding tert-OH is 1. The molecule has 0 aliphatic heterocycles. The van der Waals surface area contributed by atoms with Gasteiger partial charge < -0.3 is 15.3 Å². The van der Waals surface area contributed by atoms with Gasteiger partial charge in [0.2, 0.25) is 0 Å². The van der Waals surface area contributed by atoms with Crippen LogP contribution >= 0.6 is 0 Å². The van der Waals surface area contributed by atoms with Gasteiger partial charge in [-0.15, -0.1) is 0 Å². The van der Waals surface area contributed by atoms with Gasteiger partial charge in [0.05, 0.1) is 12.2 Å². The van der Waals surface area contributed by atoms with Crippen LogP contribution in [0, 0.1) is 0 Å². The van der Waals surface area contributed by atoms with Crippen LogP contribution in [0.3, 0.4) is 0 Å². The maximum absolute atomic E-state index is 12.7. The average Bonchev–Trinajstić information content (AvgIpc) is 2.54. The number of hydrogen-bond donors (Lipinski definition) is 2. The van der Waals surface area contributed by atoms with Gasteiger partial charge in [0.15, 0.2) is 0 Å². The van der Waals surface area contributed by atoms with E-state index in [0.717, 1.165) is 11.3 Å². The summed E-state index contributed by atoms with van der Waals surface area (Å²) in [5.41, 5.74) is 2.45. The number of anilines is 1. The molecule has 0 heterocycles. The maximum atomic E-state index is 12.7. The van der Waals surface area contributed by atoms with Crippen LogP contribution in [0.5, 0.6) is 0 Å². The first-order chi connectivity index (χ1) is 10.3. The van der Waals surface area contributed by atoms with Crippen LogP contribution in [0.2, 0.25) is 0 Å². The summed E-state index contributed by atoms with van der Waals surface area (Å²) in [6.07, 6.45) is 0. The summed E-state index contributed by atoms with van der Waals surface area (Å²) >= 11 is 0. The molecule has 0 unspecified atom stereocenters. The van der Waals surface area contributed by atoms with Gasteiger partial charge in [-0.2, -0.15) is 0 Å². The first-order valence-corrected chi connectivity index (χ1v) is 6.97. The van der Waals surface area contributed by atoms with Crippen LogP contribution in [-0.4, -0.2) is 36.1 Å². The van der Waals surface area contributed by atoms with Gasteiger partial charge in [-0.3, -0.25) is 4.79 Å².